The first-order chi connectivity index (χ1) is 6.62. The van der Waals surface area contributed by atoms with Crippen molar-refractivity contribution < 1.29 is 5.11 Å². The van der Waals surface area contributed by atoms with Crippen molar-refractivity contribution >= 4 is 11.3 Å². The van der Waals surface area contributed by atoms with Gasteiger partial charge in [0.2, 0.25) is 0 Å². The molecule has 0 amide bonds. The molecule has 1 atom stereocenters. The summed E-state index contributed by atoms with van der Waals surface area (Å²) in [5.41, 5.74) is 1.13. The van der Waals surface area contributed by atoms with E-state index < -0.39 is 0 Å². The fourth-order valence-electron chi connectivity index (χ4n) is 2.24. The highest BCUT2D eigenvalue weighted by molar-refractivity contribution is 7.07. The predicted molar refractivity (Wildman–Crippen MR) is 60.4 cm³/mol. The molecular weight excluding hydrogens is 192 g/mol. The molecule has 0 aliphatic heterocycles. The molecule has 14 heavy (non-hydrogen) atoms. The lowest BCUT2D eigenvalue weighted by atomic mass is 9.64. The zero-order valence-electron chi connectivity index (χ0n) is 8.86. The molecule has 1 aliphatic rings. The van der Waals surface area contributed by atoms with Gasteiger partial charge in [-0.2, -0.15) is 11.3 Å². The van der Waals surface area contributed by atoms with Gasteiger partial charge in [-0.3, -0.25) is 0 Å². The maximum Gasteiger partial charge on any atom is 0.0851 e. The van der Waals surface area contributed by atoms with E-state index in [-0.39, 0.29) is 11.5 Å². The average molecular weight is 210 g/mol. The maximum absolute atomic E-state index is 10.3. The minimum absolute atomic E-state index is 0.0410. The molecule has 1 heterocycles. The van der Waals surface area contributed by atoms with Crippen LogP contribution < -0.4 is 0 Å². The van der Waals surface area contributed by atoms with Crippen molar-refractivity contribution in [1.29, 1.82) is 0 Å². The van der Waals surface area contributed by atoms with Crippen LogP contribution in [0.3, 0.4) is 0 Å². The molecule has 0 radical (unpaired) electrons. The highest BCUT2D eigenvalue weighted by atomic mass is 32.1. The van der Waals surface area contributed by atoms with E-state index in [1.54, 1.807) is 11.3 Å². The van der Waals surface area contributed by atoms with E-state index >= 15 is 0 Å². The third-order valence-electron chi connectivity index (χ3n) is 3.72. The van der Waals surface area contributed by atoms with Crippen molar-refractivity contribution in [3.63, 3.8) is 0 Å². The highest BCUT2D eigenvalue weighted by Crippen LogP contribution is 2.48. The van der Waals surface area contributed by atoms with Crippen LogP contribution in [0, 0.1) is 11.3 Å². The van der Waals surface area contributed by atoms with Crippen molar-refractivity contribution in [2.75, 3.05) is 0 Å². The Labute approximate surface area is 89.8 Å². The molecule has 1 aromatic heterocycles. The van der Waals surface area contributed by atoms with Crippen LogP contribution in [0.4, 0.5) is 0 Å². The van der Waals surface area contributed by atoms with E-state index in [1.165, 1.54) is 19.3 Å². The van der Waals surface area contributed by atoms with Crippen LogP contribution in [0.5, 0.6) is 0 Å². The molecule has 2 heteroatoms. The van der Waals surface area contributed by atoms with Crippen LogP contribution in [0.2, 0.25) is 0 Å². The number of aliphatic hydroxyl groups is 1. The first-order valence-electron chi connectivity index (χ1n) is 5.32. The molecule has 2 rings (SSSR count). The molecular formula is C12H18OS. The van der Waals surface area contributed by atoms with Crippen LogP contribution in [-0.2, 0) is 0 Å². The Balaban J connectivity index is 2.12. The van der Waals surface area contributed by atoms with Crippen molar-refractivity contribution in [3.05, 3.63) is 22.4 Å². The summed E-state index contributed by atoms with van der Waals surface area (Å²) in [6, 6.07) is 2.04. The summed E-state index contributed by atoms with van der Waals surface area (Å²) in [4.78, 5) is 0. The normalized spacial score (nSPS) is 20.5. The Morgan fingerprint density at radius 3 is 2.64 bits per heavy atom. The largest absolute Gasteiger partial charge is 0.388 e. The van der Waals surface area contributed by atoms with Crippen LogP contribution in [0.25, 0.3) is 0 Å². The molecule has 1 aliphatic carbocycles. The van der Waals surface area contributed by atoms with Crippen LogP contribution >= 0.6 is 11.3 Å². The van der Waals surface area contributed by atoms with E-state index in [1.807, 2.05) is 11.4 Å². The first-order valence-corrected chi connectivity index (χ1v) is 6.27. The monoisotopic (exact) mass is 210 g/mol. The molecule has 0 spiro atoms. The SMILES string of the molecule is CC(C)(C1CCC1)C(O)c1ccsc1. The molecule has 1 saturated carbocycles. The second-order valence-corrected chi connectivity index (χ2v) is 5.69. The molecule has 0 aromatic carbocycles. The third kappa shape index (κ3) is 1.61. The minimum atomic E-state index is -0.293. The highest BCUT2D eigenvalue weighted by Gasteiger charge is 2.40. The maximum atomic E-state index is 10.3. The Kier molecular flexibility index (Phi) is 2.67. The molecule has 1 unspecified atom stereocenters. The zero-order chi connectivity index (χ0) is 10.2. The van der Waals surface area contributed by atoms with Gasteiger partial charge in [0.05, 0.1) is 6.10 Å². The summed E-state index contributed by atoms with van der Waals surface area (Å²) in [5, 5.41) is 14.4. The Bertz CT molecular complexity index is 285. The Morgan fingerprint density at radius 1 is 1.50 bits per heavy atom. The summed E-state index contributed by atoms with van der Waals surface area (Å²) >= 11 is 1.66. The van der Waals surface area contributed by atoms with Gasteiger partial charge in [-0.25, -0.2) is 0 Å². The van der Waals surface area contributed by atoms with Gasteiger partial charge in [0.1, 0.15) is 0 Å². The van der Waals surface area contributed by atoms with E-state index in [0.29, 0.717) is 5.92 Å². The summed E-state index contributed by atoms with van der Waals surface area (Å²) in [5.74, 6) is 0.706. The van der Waals surface area contributed by atoms with Crippen LogP contribution in [-0.4, -0.2) is 5.11 Å². The van der Waals surface area contributed by atoms with E-state index in [4.69, 9.17) is 0 Å². The molecule has 0 bridgehead atoms. The van der Waals surface area contributed by atoms with Gasteiger partial charge < -0.3 is 5.11 Å². The molecule has 78 valence electrons. The van der Waals surface area contributed by atoms with Gasteiger partial charge in [-0.15, -0.1) is 0 Å². The second-order valence-electron chi connectivity index (χ2n) is 4.91. The summed E-state index contributed by atoms with van der Waals surface area (Å²) in [6.07, 6.45) is 3.62. The lowest BCUT2D eigenvalue weighted by molar-refractivity contribution is -0.0240. The van der Waals surface area contributed by atoms with Crippen molar-refractivity contribution in [1.82, 2.24) is 0 Å². The Hall–Kier alpha value is -0.340. The van der Waals surface area contributed by atoms with E-state index in [2.05, 4.69) is 19.2 Å². The number of hydrogen-bond acceptors (Lipinski definition) is 2. The zero-order valence-corrected chi connectivity index (χ0v) is 9.68. The predicted octanol–water partition coefficient (Wildman–Crippen LogP) is 3.61. The first kappa shape index (κ1) is 10.2. The summed E-state index contributed by atoms with van der Waals surface area (Å²) in [6.45, 7) is 4.39. The fourth-order valence-corrected chi connectivity index (χ4v) is 2.91. The Morgan fingerprint density at radius 2 is 2.21 bits per heavy atom. The number of thiophene rings is 1. The van der Waals surface area contributed by atoms with E-state index in [0.717, 1.165) is 5.56 Å². The topological polar surface area (TPSA) is 20.2 Å². The van der Waals surface area contributed by atoms with Crippen molar-refractivity contribution in [3.8, 4) is 0 Å². The third-order valence-corrected chi connectivity index (χ3v) is 4.42. The van der Waals surface area contributed by atoms with Gasteiger partial charge in [0.15, 0.2) is 0 Å². The van der Waals surface area contributed by atoms with Gasteiger partial charge in [-0.1, -0.05) is 20.3 Å². The van der Waals surface area contributed by atoms with Gasteiger partial charge >= 0.3 is 0 Å². The van der Waals surface area contributed by atoms with Crippen LogP contribution in [0.1, 0.15) is 44.8 Å². The fraction of sp³-hybridized carbons (Fsp3) is 0.667. The van der Waals surface area contributed by atoms with Crippen LogP contribution in [0.15, 0.2) is 16.8 Å². The van der Waals surface area contributed by atoms with Gasteiger partial charge in [0, 0.05) is 0 Å². The number of rotatable bonds is 3. The molecule has 0 saturated heterocycles. The summed E-state index contributed by atoms with van der Waals surface area (Å²) < 4.78 is 0. The number of aliphatic hydroxyl groups excluding tert-OH is 1. The van der Waals surface area contributed by atoms with Gasteiger partial charge in [0.25, 0.3) is 0 Å². The number of hydrogen-bond donors (Lipinski definition) is 1. The second kappa shape index (κ2) is 3.67. The molecule has 1 fully saturated rings. The van der Waals surface area contributed by atoms with Gasteiger partial charge in [-0.05, 0) is 46.6 Å². The van der Waals surface area contributed by atoms with Crippen molar-refractivity contribution in [2.45, 2.75) is 39.2 Å². The van der Waals surface area contributed by atoms with Crippen molar-refractivity contribution in [2.24, 2.45) is 11.3 Å². The molecule has 1 aromatic rings. The standard InChI is InChI=1S/C12H18OS/c1-12(2,10-4-3-5-10)11(13)9-6-7-14-8-9/h6-8,10-11,13H,3-5H2,1-2H3. The lowest BCUT2D eigenvalue weighted by Crippen LogP contribution is -2.35. The smallest absolute Gasteiger partial charge is 0.0851 e. The lowest BCUT2D eigenvalue weighted by Gasteiger charge is -2.43. The quantitative estimate of drug-likeness (QED) is 0.808. The molecule has 1 N–H and O–H groups in total. The average Bonchev–Trinajstić information content (AvgIpc) is 2.49. The van der Waals surface area contributed by atoms with E-state index in [9.17, 15) is 5.11 Å². The summed E-state index contributed by atoms with van der Waals surface area (Å²) in [7, 11) is 0. The minimum Gasteiger partial charge on any atom is -0.388 e. The molecule has 1 nitrogen and oxygen atoms in total.